The zero-order valence-electron chi connectivity index (χ0n) is 19.8. The predicted octanol–water partition coefficient (Wildman–Crippen LogP) is 2.79. The first-order valence-corrected chi connectivity index (χ1v) is 11.8. The lowest BCUT2D eigenvalue weighted by Gasteiger charge is -2.37. The Kier molecular flexibility index (Phi) is 6.22. The molecule has 0 radical (unpaired) electrons. The van der Waals surface area contributed by atoms with Crippen LogP contribution in [0.2, 0.25) is 0 Å². The molecular formula is C26H28N6O3. The summed E-state index contributed by atoms with van der Waals surface area (Å²) in [6, 6.07) is 17.5. The molecule has 0 fully saturated rings. The summed E-state index contributed by atoms with van der Waals surface area (Å²) < 4.78 is 7.79. The second kappa shape index (κ2) is 9.61. The summed E-state index contributed by atoms with van der Waals surface area (Å²) in [5.74, 6) is 1.27. The zero-order valence-corrected chi connectivity index (χ0v) is 19.8. The van der Waals surface area contributed by atoms with Gasteiger partial charge in [-0.15, -0.1) is 0 Å². The maximum absolute atomic E-state index is 12.9. The number of anilines is 1. The van der Waals surface area contributed by atoms with Gasteiger partial charge in [-0.2, -0.15) is 5.10 Å². The minimum atomic E-state index is -0.262. The van der Waals surface area contributed by atoms with Gasteiger partial charge in [0.05, 0.1) is 30.7 Å². The number of para-hydroxylation sites is 3. The summed E-state index contributed by atoms with van der Waals surface area (Å²) in [5, 5.41) is 4.74. The Morgan fingerprint density at radius 1 is 1.17 bits per heavy atom. The number of hydrogen-bond acceptors (Lipinski definition) is 6. The van der Waals surface area contributed by atoms with Crippen molar-refractivity contribution in [2.75, 3.05) is 31.6 Å². The van der Waals surface area contributed by atoms with E-state index in [1.165, 1.54) is 6.20 Å². The molecule has 4 aromatic rings. The van der Waals surface area contributed by atoms with Gasteiger partial charge < -0.3 is 19.5 Å². The molecule has 0 spiro atoms. The van der Waals surface area contributed by atoms with Crippen molar-refractivity contribution in [1.29, 1.82) is 0 Å². The van der Waals surface area contributed by atoms with Crippen molar-refractivity contribution >= 4 is 22.6 Å². The summed E-state index contributed by atoms with van der Waals surface area (Å²) in [6.07, 6.45) is 1.95. The number of carbonyl (C=O) groups excluding carboxylic acids is 1. The fourth-order valence-electron chi connectivity index (χ4n) is 4.44. The fraction of sp³-hybridized carbons (Fsp3) is 0.308. The number of ether oxygens (including phenoxy) is 1. The highest BCUT2D eigenvalue weighted by atomic mass is 16.5. The van der Waals surface area contributed by atoms with Gasteiger partial charge in [0.1, 0.15) is 23.1 Å². The average molecular weight is 473 g/mol. The van der Waals surface area contributed by atoms with Crippen molar-refractivity contribution in [1.82, 2.24) is 24.6 Å². The number of nitrogens with one attached hydrogen (secondary N) is 1. The highest BCUT2D eigenvalue weighted by molar-refractivity contribution is 5.77. The summed E-state index contributed by atoms with van der Waals surface area (Å²) in [7, 11) is 1.78. The number of aromatic amines is 1. The molecule has 5 rings (SSSR count). The number of amides is 1. The maximum atomic E-state index is 12.9. The lowest BCUT2D eigenvalue weighted by molar-refractivity contribution is -0.130. The van der Waals surface area contributed by atoms with Crippen molar-refractivity contribution in [3.05, 3.63) is 77.0 Å². The van der Waals surface area contributed by atoms with Crippen LogP contribution >= 0.6 is 0 Å². The Morgan fingerprint density at radius 2 is 1.94 bits per heavy atom. The monoisotopic (exact) mass is 472 g/mol. The smallest absolute Gasteiger partial charge is 0.262 e. The third-order valence-corrected chi connectivity index (χ3v) is 6.27. The molecule has 1 aliphatic heterocycles. The summed E-state index contributed by atoms with van der Waals surface area (Å²) in [4.78, 5) is 36.8. The fourth-order valence-corrected chi connectivity index (χ4v) is 4.44. The van der Waals surface area contributed by atoms with E-state index in [0.29, 0.717) is 29.8 Å². The molecule has 1 atom stereocenters. The van der Waals surface area contributed by atoms with E-state index in [1.807, 2.05) is 48.5 Å². The number of aryl methyl sites for hydroxylation is 1. The number of likely N-dealkylation sites (N-methyl/N-ethyl adjacent to an activating group) is 2. The lowest BCUT2D eigenvalue weighted by Crippen LogP contribution is -2.46. The molecule has 0 bridgehead atoms. The topological polar surface area (TPSA) is 96.4 Å². The number of carbonyl (C=O) groups is 1. The molecule has 2 aromatic heterocycles. The zero-order chi connectivity index (χ0) is 24.4. The van der Waals surface area contributed by atoms with Gasteiger partial charge in [0.15, 0.2) is 5.65 Å². The first-order chi connectivity index (χ1) is 17.0. The summed E-state index contributed by atoms with van der Waals surface area (Å²) >= 11 is 0. The molecule has 1 N–H and O–H groups in total. The van der Waals surface area contributed by atoms with Gasteiger partial charge in [0.2, 0.25) is 5.91 Å². The number of benzene rings is 2. The molecule has 1 amide bonds. The molecule has 0 saturated carbocycles. The standard InChI is InChI=1S/C26H28N6O3/c1-3-31-17-19(35-22-12-8-7-11-21(22)31)16-30(2)24(33)14-13-23-28-25-20(26(34)29-23)15-27-32(25)18-9-5-4-6-10-18/h4-12,15,19H,3,13-14,16-17H2,1-2H3,(H,28,29,34). The molecule has 0 saturated heterocycles. The van der Waals surface area contributed by atoms with E-state index in [9.17, 15) is 9.59 Å². The molecule has 9 heteroatoms. The van der Waals surface area contributed by atoms with E-state index in [4.69, 9.17) is 4.74 Å². The van der Waals surface area contributed by atoms with Crippen LogP contribution in [-0.2, 0) is 11.2 Å². The van der Waals surface area contributed by atoms with Gasteiger partial charge in [-0.3, -0.25) is 9.59 Å². The van der Waals surface area contributed by atoms with Crippen LogP contribution in [0.3, 0.4) is 0 Å². The number of aromatic nitrogens is 4. The second-order valence-electron chi connectivity index (χ2n) is 8.66. The number of rotatable bonds is 7. The third kappa shape index (κ3) is 4.62. The largest absolute Gasteiger partial charge is 0.485 e. The normalized spacial score (nSPS) is 15.0. The van der Waals surface area contributed by atoms with E-state index in [1.54, 1.807) is 16.6 Å². The van der Waals surface area contributed by atoms with E-state index >= 15 is 0 Å². The van der Waals surface area contributed by atoms with Crippen molar-refractivity contribution in [3.8, 4) is 11.4 Å². The Morgan fingerprint density at radius 3 is 2.74 bits per heavy atom. The van der Waals surface area contributed by atoms with Crippen LogP contribution in [0, 0.1) is 0 Å². The molecule has 1 unspecified atom stereocenters. The molecule has 1 aliphatic rings. The molecule has 2 aromatic carbocycles. The van der Waals surface area contributed by atoms with Crippen LogP contribution in [-0.4, -0.2) is 63.3 Å². The quantitative estimate of drug-likeness (QED) is 0.444. The molecule has 180 valence electrons. The van der Waals surface area contributed by atoms with E-state index in [0.717, 1.165) is 30.2 Å². The Labute approximate surface area is 203 Å². The third-order valence-electron chi connectivity index (χ3n) is 6.27. The van der Waals surface area contributed by atoms with Crippen LogP contribution in [0.15, 0.2) is 65.6 Å². The van der Waals surface area contributed by atoms with E-state index in [-0.39, 0.29) is 24.0 Å². The Balaban J connectivity index is 1.25. The van der Waals surface area contributed by atoms with Crippen molar-refractivity contribution in [2.24, 2.45) is 0 Å². The van der Waals surface area contributed by atoms with Crippen LogP contribution in [0.5, 0.6) is 5.75 Å². The van der Waals surface area contributed by atoms with E-state index < -0.39 is 0 Å². The van der Waals surface area contributed by atoms with Crippen LogP contribution in [0.1, 0.15) is 19.2 Å². The molecule has 3 heterocycles. The van der Waals surface area contributed by atoms with Crippen molar-refractivity contribution in [3.63, 3.8) is 0 Å². The molecule has 9 nitrogen and oxygen atoms in total. The van der Waals surface area contributed by atoms with E-state index in [2.05, 4.69) is 33.0 Å². The first-order valence-electron chi connectivity index (χ1n) is 11.8. The van der Waals surface area contributed by atoms with Crippen LogP contribution < -0.4 is 15.2 Å². The molecule has 35 heavy (non-hydrogen) atoms. The number of nitrogens with zero attached hydrogens (tertiary/aromatic N) is 5. The van der Waals surface area contributed by atoms with Crippen molar-refractivity contribution in [2.45, 2.75) is 25.9 Å². The minimum absolute atomic E-state index is 0.0326. The summed E-state index contributed by atoms with van der Waals surface area (Å²) in [6.45, 7) is 4.19. The second-order valence-corrected chi connectivity index (χ2v) is 8.66. The lowest BCUT2D eigenvalue weighted by atomic mass is 10.1. The minimum Gasteiger partial charge on any atom is -0.485 e. The Hall–Kier alpha value is -4.14. The number of H-pyrrole nitrogens is 1. The van der Waals surface area contributed by atoms with Gasteiger partial charge in [0.25, 0.3) is 5.56 Å². The number of hydrogen-bond donors (Lipinski definition) is 1. The number of fused-ring (bicyclic) bond motifs is 2. The average Bonchev–Trinajstić information content (AvgIpc) is 3.32. The van der Waals surface area contributed by atoms with Gasteiger partial charge in [0, 0.05) is 26.4 Å². The van der Waals surface area contributed by atoms with Gasteiger partial charge in [-0.05, 0) is 31.2 Å². The Bertz CT molecular complexity index is 1400. The first kappa shape index (κ1) is 22.6. The van der Waals surface area contributed by atoms with Crippen molar-refractivity contribution < 1.29 is 9.53 Å². The highest BCUT2D eigenvalue weighted by Gasteiger charge is 2.26. The van der Waals surface area contributed by atoms with Gasteiger partial charge >= 0.3 is 0 Å². The highest BCUT2D eigenvalue weighted by Crippen LogP contribution is 2.32. The maximum Gasteiger partial charge on any atom is 0.262 e. The van der Waals surface area contributed by atoms with Crippen LogP contribution in [0.4, 0.5) is 5.69 Å². The van der Waals surface area contributed by atoms with Gasteiger partial charge in [-0.25, -0.2) is 9.67 Å². The van der Waals surface area contributed by atoms with Crippen LogP contribution in [0.25, 0.3) is 16.7 Å². The summed E-state index contributed by atoms with van der Waals surface area (Å²) in [5.41, 5.74) is 2.12. The predicted molar refractivity (Wildman–Crippen MR) is 134 cm³/mol. The van der Waals surface area contributed by atoms with Gasteiger partial charge in [-0.1, -0.05) is 30.3 Å². The molecular weight excluding hydrogens is 444 g/mol. The molecule has 0 aliphatic carbocycles. The SMILES string of the molecule is CCN1CC(CN(C)C(=O)CCc2nc3c(cnn3-c3ccccc3)c(=O)[nH]2)Oc2ccccc21.